The molecule has 1 aromatic rings. The molecule has 0 spiro atoms. The second-order valence-corrected chi connectivity index (χ2v) is 2.40. The van der Waals surface area contributed by atoms with Crippen LogP contribution < -0.4 is 0 Å². The lowest BCUT2D eigenvalue weighted by molar-refractivity contribution is -0.361. The number of aromatic nitrogens is 2. The van der Waals surface area contributed by atoms with E-state index >= 15 is 0 Å². The summed E-state index contributed by atoms with van der Waals surface area (Å²) in [5.41, 5.74) is 0. The first-order valence-electron chi connectivity index (χ1n) is 3.20. The molecule has 0 aromatic carbocycles. The highest BCUT2D eigenvalue weighted by molar-refractivity contribution is 5.03. The maximum absolute atomic E-state index is 12.6. The molecule has 0 unspecified atom stereocenters. The molecule has 0 bridgehead atoms. The summed E-state index contributed by atoms with van der Waals surface area (Å²) in [6.07, 6.45) is -6.19. The standard InChI is InChI=1S/C5HF7N2O/c6-3(7,2-13-1-15-14-2)4(8,9)5(10,11)12/h1H. The lowest BCUT2D eigenvalue weighted by atomic mass is 10.1. The average molecular weight is 238 g/mol. The van der Waals surface area contributed by atoms with E-state index in [0.717, 1.165) is 0 Å². The van der Waals surface area contributed by atoms with Gasteiger partial charge < -0.3 is 4.52 Å². The Hall–Kier alpha value is -1.35. The van der Waals surface area contributed by atoms with Gasteiger partial charge in [-0.3, -0.25) is 0 Å². The minimum Gasteiger partial charge on any atom is -0.343 e. The van der Waals surface area contributed by atoms with Crippen molar-refractivity contribution in [2.24, 2.45) is 0 Å². The first kappa shape index (κ1) is 11.7. The first-order valence-corrected chi connectivity index (χ1v) is 3.20. The molecule has 0 fully saturated rings. The quantitative estimate of drug-likeness (QED) is 0.742. The van der Waals surface area contributed by atoms with Crippen molar-refractivity contribution in [2.45, 2.75) is 18.0 Å². The molecule has 0 atom stereocenters. The zero-order valence-corrected chi connectivity index (χ0v) is 6.53. The van der Waals surface area contributed by atoms with E-state index in [0.29, 0.717) is 0 Å². The van der Waals surface area contributed by atoms with Crippen molar-refractivity contribution in [3.63, 3.8) is 0 Å². The van der Waals surface area contributed by atoms with Crippen LogP contribution in [0.1, 0.15) is 5.82 Å². The van der Waals surface area contributed by atoms with E-state index in [1.54, 1.807) is 0 Å². The molecule has 10 heteroatoms. The number of hydrogen-bond acceptors (Lipinski definition) is 3. The third-order valence-electron chi connectivity index (χ3n) is 1.39. The maximum Gasteiger partial charge on any atom is 0.460 e. The largest absolute Gasteiger partial charge is 0.460 e. The van der Waals surface area contributed by atoms with Gasteiger partial charge in [-0.05, 0) is 0 Å². The van der Waals surface area contributed by atoms with Crippen molar-refractivity contribution in [1.29, 1.82) is 0 Å². The molecule has 0 aliphatic heterocycles. The fourth-order valence-corrected chi connectivity index (χ4v) is 0.627. The van der Waals surface area contributed by atoms with Crippen LogP contribution in [0.5, 0.6) is 0 Å². The van der Waals surface area contributed by atoms with E-state index in [1.807, 2.05) is 0 Å². The van der Waals surface area contributed by atoms with Crippen LogP contribution in [0.15, 0.2) is 10.9 Å². The second kappa shape index (κ2) is 3.07. The number of alkyl halides is 7. The fraction of sp³-hybridized carbons (Fsp3) is 0.600. The van der Waals surface area contributed by atoms with E-state index in [1.165, 1.54) is 0 Å². The Morgan fingerprint density at radius 1 is 1.00 bits per heavy atom. The van der Waals surface area contributed by atoms with E-state index in [-0.39, 0.29) is 6.39 Å². The highest BCUT2D eigenvalue weighted by atomic mass is 19.4. The Morgan fingerprint density at radius 2 is 1.53 bits per heavy atom. The summed E-state index contributed by atoms with van der Waals surface area (Å²) in [5.74, 6) is -13.9. The van der Waals surface area contributed by atoms with Crippen LogP contribution in [-0.4, -0.2) is 22.2 Å². The Kier molecular flexibility index (Phi) is 2.40. The van der Waals surface area contributed by atoms with Gasteiger partial charge in [0.15, 0.2) is 0 Å². The van der Waals surface area contributed by atoms with Crippen LogP contribution in [0, 0.1) is 0 Å². The van der Waals surface area contributed by atoms with Gasteiger partial charge in [0.2, 0.25) is 12.2 Å². The SMILES string of the molecule is FC(F)(F)C(F)(F)C(F)(F)c1ncon1. The van der Waals surface area contributed by atoms with Crippen LogP contribution in [0.4, 0.5) is 30.7 Å². The van der Waals surface area contributed by atoms with Crippen molar-refractivity contribution in [3.05, 3.63) is 12.2 Å². The van der Waals surface area contributed by atoms with Gasteiger partial charge in [-0.1, -0.05) is 5.16 Å². The third-order valence-corrected chi connectivity index (χ3v) is 1.39. The Labute approximate surface area is 76.9 Å². The molecule has 1 aromatic heterocycles. The van der Waals surface area contributed by atoms with Gasteiger partial charge in [-0.15, -0.1) is 0 Å². The van der Waals surface area contributed by atoms with Gasteiger partial charge in [0.05, 0.1) is 0 Å². The molecule has 0 saturated carbocycles. The number of nitrogens with zero attached hydrogens (tertiary/aromatic N) is 2. The Morgan fingerprint density at radius 3 is 1.87 bits per heavy atom. The van der Waals surface area contributed by atoms with Crippen molar-refractivity contribution in [1.82, 2.24) is 10.1 Å². The molecule has 0 aliphatic carbocycles. The van der Waals surface area contributed by atoms with Gasteiger partial charge in [0.1, 0.15) is 0 Å². The molecular formula is C5HF7N2O. The Bertz CT molecular complexity index is 330. The molecule has 1 rings (SSSR count). The maximum atomic E-state index is 12.6. The average Bonchev–Trinajstić information content (AvgIpc) is 2.53. The van der Waals surface area contributed by atoms with Crippen molar-refractivity contribution >= 4 is 0 Å². The minimum absolute atomic E-state index is 0.218. The number of rotatable bonds is 2. The number of hydrogen-bond donors (Lipinski definition) is 0. The molecule has 1 heterocycles. The highest BCUT2D eigenvalue weighted by Crippen LogP contribution is 2.50. The van der Waals surface area contributed by atoms with Crippen LogP contribution in [0.25, 0.3) is 0 Å². The molecule has 0 N–H and O–H groups in total. The molecule has 86 valence electrons. The predicted molar refractivity (Wildman–Crippen MR) is 29.2 cm³/mol. The van der Waals surface area contributed by atoms with Gasteiger partial charge >= 0.3 is 18.0 Å². The monoisotopic (exact) mass is 238 g/mol. The van der Waals surface area contributed by atoms with Gasteiger partial charge in [0.25, 0.3) is 0 Å². The molecule has 0 aliphatic rings. The van der Waals surface area contributed by atoms with E-state index in [2.05, 4.69) is 14.7 Å². The van der Waals surface area contributed by atoms with Crippen molar-refractivity contribution in [2.75, 3.05) is 0 Å². The first-order chi connectivity index (χ1) is 6.61. The zero-order chi connectivity index (χ0) is 11.9. The summed E-state index contributed by atoms with van der Waals surface area (Å²) in [6.45, 7) is 0. The summed E-state index contributed by atoms with van der Waals surface area (Å²) < 4.78 is 88.2. The molecule has 0 amide bonds. The second-order valence-electron chi connectivity index (χ2n) is 2.40. The minimum atomic E-state index is -6.41. The Balaban J connectivity index is 3.17. The summed E-state index contributed by atoms with van der Waals surface area (Å²) >= 11 is 0. The lowest BCUT2D eigenvalue weighted by Gasteiger charge is -2.25. The number of halogens is 7. The normalized spacial score (nSPS) is 14.3. The van der Waals surface area contributed by atoms with Gasteiger partial charge in [-0.2, -0.15) is 35.7 Å². The van der Waals surface area contributed by atoms with Crippen LogP contribution in [0.3, 0.4) is 0 Å². The zero-order valence-electron chi connectivity index (χ0n) is 6.53. The van der Waals surface area contributed by atoms with Crippen molar-refractivity contribution in [3.8, 4) is 0 Å². The lowest BCUT2D eigenvalue weighted by Crippen LogP contribution is -2.50. The van der Waals surface area contributed by atoms with E-state index in [4.69, 9.17) is 0 Å². The van der Waals surface area contributed by atoms with E-state index < -0.39 is 23.8 Å². The third kappa shape index (κ3) is 1.63. The summed E-state index contributed by atoms with van der Waals surface area (Å²) in [5, 5.41) is 2.25. The van der Waals surface area contributed by atoms with Crippen molar-refractivity contribution < 1.29 is 35.3 Å². The van der Waals surface area contributed by atoms with E-state index in [9.17, 15) is 30.7 Å². The molecule has 0 radical (unpaired) electrons. The summed E-state index contributed by atoms with van der Waals surface area (Å²) in [7, 11) is 0. The van der Waals surface area contributed by atoms with Gasteiger partial charge in [0, 0.05) is 0 Å². The van der Waals surface area contributed by atoms with Crippen LogP contribution >= 0.6 is 0 Å². The predicted octanol–water partition coefficient (Wildman–Crippen LogP) is 2.36. The van der Waals surface area contributed by atoms with Gasteiger partial charge in [-0.25, -0.2) is 0 Å². The molecule has 0 saturated heterocycles. The molecule has 3 nitrogen and oxygen atoms in total. The van der Waals surface area contributed by atoms with Crippen LogP contribution in [0.2, 0.25) is 0 Å². The summed E-state index contributed by atoms with van der Waals surface area (Å²) in [6, 6.07) is 0. The van der Waals surface area contributed by atoms with Crippen LogP contribution in [-0.2, 0) is 5.92 Å². The fourth-order valence-electron chi connectivity index (χ4n) is 0.627. The summed E-state index contributed by atoms with van der Waals surface area (Å²) in [4.78, 5) is 2.46. The smallest absolute Gasteiger partial charge is 0.343 e. The molecular weight excluding hydrogens is 237 g/mol. The topological polar surface area (TPSA) is 38.9 Å². The molecule has 15 heavy (non-hydrogen) atoms. The highest BCUT2D eigenvalue weighted by Gasteiger charge is 2.75.